The molecular weight excluding hydrogens is 386 g/mol. The van der Waals surface area contributed by atoms with Gasteiger partial charge in [-0.3, -0.25) is 9.59 Å². The number of halogens is 2. The van der Waals surface area contributed by atoms with Crippen LogP contribution in [0.2, 0.25) is 0 Å². The molecule has 0 aliphatic carbocycles. The summed E-state index contributed by atoms with van der Waals surface area (Å²) in [6.07, 6.45) is 0.213. The van der Waals surface area contributed by atoms with E-state index in [1.165, 1.54) is 24.3 Å². The molecule has 0 unspecified atom stereocenters. The Labute approximate surface area is 173 Å². The van der Waals surface area contributed by atoms with Crippen LogP contribution in [-0.4, -0.2) is 11.8 Å². The van der Waals surface area contributed by atoms with Crippen LogP contribution in [0.3, 0.4) is 0 Å². The van der Waals surface area contributed by atoms with E-state index in [9.17, 15) is 18.4 Å². The van der Waals surface area contributed by atoms with Crippen molar-refractivity contribution in [2.45, 2.75) is 25.9 Å². The molecule has 1 atom stereocenters. The fourth-order valence-corrected chi connectivity index (χ4v) is 3.58. The maximum absolute atomic E-state index is 13.1. The van der Waals surface area contributed by atoms with E-state index in [4.69, 9.17) is 0 Å². The highest BCUT2D eigenvalue weighted by Gasteiger charge is 2.28. The van der Waals surface area contributed by atoms with Gasteiger partial charge in [-0.2, -0.15) is 0 Å². The molecule has 0 bridgehead atoms. The molecule has 0 aromatic heterocycles. The predicted molar refractivity (Wildman–Crippen MR) is 110 cm³/mol. The lowest BCUT2D eigenvalue weighted by Crippen LogP contribution is -2.27. The molecule has 3 aromatic carbocycles. The molecule has 1 aliphatic rings. The zero-order valence-corrected chi connectivity index (χ0v) is 16.4. The Morgan fingerprint density at radius 3 is 2.30 bits per heavy atom. The Hall–Kier alpha value is -3.54. The van der Waals surface area contributed by atoms with E-state index in [1.54, 1.807) is 47.4 Å². The molecule has 0 saturated carbocycles. The van der Waals surface area contributed by atoms with Crippen LogP contribution < -0.4 is 10.2 Å². The number of nitrogens with one attached hydrogen (secondary N) is 1. The average molecular weight is 406 g/mol. The number of carbonyl (C=O) groups excluding carboxylic acids is 2. The first-order valence-electron chi connectivity index (χ1n) is 9.65. The number of nitrogens with zero attached hydrogens (tertiary/aromatic N) is 1. The van der Waals surface area contributed by atoms with Gasteiger partial charge >= 0.3 is 0 Å². The smallest absolute Gasteiger partial charge is 0.251 e. The third kappa shape index (κ3) is 4.08. The lowest BCUT2D eigenvalue weighted by atomic mass is 10.1. The Morgan fingerprint density at radius 1 is 1.00 bits per heavy atom. The summed E-state index contributed by atoms with van der Waals surface area (Å²) >= 11 is 0. The maximum Gasteiger partial charge on any atom is 0.251 e. The van der Waals surface area contributed by atoms with Gasteiger partial charge in [0.15, 0.2) is 0 Å². The zero-order valence-electron chi connectivity index (χ0n) is 16.4. The molecule has 0 saturated heterocycles. The minimum atomic E-state index is -0.328. The molecule has 3 aromatic rings. The van der Waals surface area contributed by atoms with E-state index < -0.39 is 0 Å². The highest BCUT2D eigenvalue weighted by molar-refractivity contribution is 6.03. The van der Waals surface area contributed by atoms with Gasteiger partial charge in [0, 0.05) is 11.3 Å². The minimum Gasteiger partial charge on any atom is -0.346 e. The first-order chi connectivity index (χ1) is 14.4. The first-order valence-corrected chi connectivity index (χ1v) is 9.65. The van der Waals surface area contributed by atoms with Crippen LogP contribution in [0.25, 0.3) is 0 Å². The maximum atomic E-state index is 13.1. The lowest BCUT2D eigenvalue weighted by Gasteiger charge is -2.18. The second kappa shape index (κ2) is 8.06. The molecule has 0 fully saturated rings. The van der Waals surface area contributed by atoms with Crippen molar-refractivity contribution in [1.82, 2.24) is 5.32 Å². The molecule has 2 amide bonds. The molecule has 1 N–H and O–H groups in total. The van der Waals surface area contributed by atoms with Crippen LogP contribution in [0.5, 0.6) is 0 Å². The van der Waals surface area contributed by atoms with Crippen molar-refractivity contribution in [2.75, 3.05) is 4.90 Å². The number of amides is 2. The zero-order chi connectivity index (χ0) is 21.3. The third-order valence-electron chi connectivity index (χ3n) is 5.25. The van der Waals surface area contributed by atoms with Gasteiger partial charge in [-0.15, -0.1) is 0 Å². The van der Waals surface area contributed by atoms with Crippen molar-refractivity contribution in [3.05, 3.63) is 101 Å². The summed E-state index contributed by atoms with van der Waals surface area (Å²) in [7, 11) is 0. The molecule has 30 heavy (non-hydrogen) atoms. The van der Waals surface area contributed by atoms with Crippen molar-refractivity contribution in [3.63, 3.8) is 0 Å². The standard InChI is InChI=1S/C24H20F2N2O2/c1-15(17-4-9-21(26)10-5-17)27-24(30)18-6-11-22-19(12-18)13-23(29)28(22)14-16-2-7-20(25)8-3-16/h2-12,15H,13-14H2,1H3,(H,27,30)/t15-/m1/s1. The number of fused-ring (bicyclic) bond motifs is 1. The fourth-order valence-electron chi connectivity index (χ4n) is 3.58. The second-order valence-electron chi connectivity index (χ2n) is 7.37. The monoisotopic (exact) mass is 406 g/mol. The Balaban J connectivity index is 1.49. The molecule has 0 spiro atoms. The van der Waals surface area contributed by atoms with Gasteiger partial charge in [-0.25, -0.2) is 8.78 Å². The van der Waals surface area contributed by atoms with Gasteiger partial charge in [0.05, 0.1) is 19.0 Å². The van der Waals surface area contributed by atoms with Crippen molar-refractivity contribution >= 4 is 17.5 Å². The normalized spacial score (nSPS) is 13.8. The molecule has 1 heterocycles. The van der Waals surface area contributed by atoms with Crippen molar-refractivity contribution < 1.29 is 18.4 Å². The molecule has 4 rings (SSSR count). The van der Waals surface area contributed by atoms with Crippen LogP contribution >= 0.6 is 0 Å². The number of anilines is 1. The van der Waals surface area contributed by atoms with Crippen molar-refractivity contribution in [1.29, 1.82) is 0 Å². The van der Waals surface area contributed by atoms with Crippen molar-refractivity contribution in [2.24, 2.45) is 0 Å². The van der Waals surface area contributed by atoms with Crippen molar-refractivity contribution in [3.8, 4) is 0 Å². The molecule has 1 aliphatic heterocycles. The molecule has 6 heteroatoms. The largest absolute Gasteiger partial charge is 0.346 e. The van der Waals surface area contributed by atoms with Crippen LogP contribution in [0, 0.1) is 11.6 Å². The molecule has 4 nitrogen and oxygen atoms in total. The topological polar surface area (TPSA) is 49.4 Å². The number of rotatable bonds is 5. The molecule has 152 valence electrons. The summed E-state index contributed by atoms with van der Waals surface area (Å²) in [4.78, 5) is 26.8. The summed E-state index contributed by atoms with van der Waals surface area (Å²) in [6, 6.07) is 16.9. The SMILES string of the molecule is C[C@@H](NC(=O)c1ccc2c(c1)CC(=O)N2Cc1ccc(F)cc1)c1ccc(F)cc1. The fraction of sp³-hybridized carbons (Fsp3) is 0.167. The first kappa shape index (κ1) is 19.8. The van der Waals surface area contributed by atoms with Gasteiger partial charge in [0.2, 0.25) is 5.91 Å². The molecule has 0 radical (unpaired) electrons. The van der Waals surface area contributed by atoms with Crippen LogP contribution in [-0.2, 0) is 17.8 Å². The summed E-state index contributed by atoms with van der Waals surface area (Å²) in [6.45, 7) is 2.17. The lowest BCUT2D eigenvalue weighted by molar-refractivity contribution is -0.117. The number of hydrogen-bond donors (Lipinski definition) is 1. The Bertz CT molecular complexity index is 1100. The van der Waals surface area contributed by atoms with Gasteiger partial charge in [0.25, 0.3) is 5.91 Å². The number of carbonyl (C=O) groups is 2. The quantitative estimate of drug-likeness (QED) is 0.676. The Kier molecular flexibility index (Phi) is 5.31. The van der Waals surface area contributed by atoms with E-state index in [2.05, 4.69) is 5.32 Å². The summed E-state index contributed by atoms with van der Waals surface area (Å²) in [5.74, 6) is -0.978. The third-order valence-corrected chi connectivity index (χ3v) is 5.25. The van der Waals surface area contributed by atoms with E-state index in [-0.39, 0.29) is 35.9 Å². The van der Waals surface area contributed by atoms with E-state index in [1.807, 2.05) is 6.92 Å². The van der Waals surface area contributed by atoms with Gasteiger partial charge in [0.1, 0.15) is 11.6 Å². The summed E-state index contributed by atoms with van der Waals surface area (Å²) in [5.41, 5.74) is 3.62. The minimum absolute atomic E-state index is 0.0634. The van der Waals surface area contributed by atoms with E-state index >= 15 is 0 Å². The average Bonchev–Trinajstić information content (AvgIpc) is 3.04. The van der Waals surface area contributed by atoms with E-state index in [0.717, 1.165) is 22.4 Å². The molecular formula is C24H20F2N2O2. The number of hydrogen-bond acceptors (Lipinski definition) is 2. The predicted octanol–water partition coefficient (Wildman–Crippen LogP) is 4.55. The van der Waals surface area contributed by atoms with Gasteiger partial charge in [-0.05, 0) is 66.1 Å². The highest BCUT2D eigenvalue weighted by Crippen LogP contribution is 2.31. The van der Waals surface area contributed by atoms with E-state index in [0.29, 0.717) is 12.1 Å². The van der Waals surface area contributed by atoms with Gasteiger partial charge in [-0.1, -0.05) is 24.3 Å². The highest BCUT2D eigenvalue weighted by atomic mass is 19.1. The van der Waals surface area contributed by atoms with Crippen LogP contribution in [0.1, 0.15) is 40.0 Å². The van der Waals surface area contributed by atoms with Crippen LogP contribution in [0.15, 0.2) is 66.7 Å². The summed E-state index contributed by atoms with van der Waals surface area (Å²) in [5, 5.41) is 2.90. The number of benzene rings is 3. The van der Waals surface area contributed by atoms with Crippen LogP contribution in [0.4, 0.5) is 14.5 Å². The second-order valence-corrected chi connectivity index (χ2v) is 7.37. The van der Waals surface area contributed by atoms with Gasteiger partial charge < -0.3 is 10.2 Å². The summed E-state index contributed by atoms with van der Waals surface area (Å²) < 4.78 is 26.2. The Morgan fingerprint density at radius 2 is 1.63 bits per heavy atom.